The van der Waals surface area contributed by atoms with Crippen LogP contribution in [0.25, 0.3) is 16.1 Å². The summed E-state index contributed by atoms with van der Waals surface area (Å²) in [4.78, 5) is 20.7. The summed E-state index contributed by atoms with van der Waals surface area (Å²) in [7, 11) is 0. The van der Waals surface area contributed by atoms with E-state index in [0.717, 1.165) is 5.69 Å². The van der Waals surface area contributed by atoms with E-state index in [1.807, 2.05) is 6.92 Å². The molecule has 0 saturated carbocycles. The van der Waals surface area contributed by atoms with Gasteiger partial charge >= 0.3 is 0 Å². The molecule has 3 heterocycles. The number of nitrogens with zero attached hydrogens (tertiary/aromatic N) is 8. The van der Waals surface area contributed by atoms with E-state index >= 15 is 0 Å². The highest BCUT2D eigenvalue weighted by molar-refractivity contribution is 5.96. The van der Waals surface area contributed by atoms with Gasteiger partial charge in [0.1, 0.15) is 11.6 Å². The molecule has 1 fully saturated rings. The first-order valence-corrected chi connectivity index (χ1v) is 6.70. The molecule has 0 radical (unpaired) electrons. The summed E-state index contributed by atoms with van der Waals surface area (Å²) in [5.41, 5.74) is 10.0. The van der Waals surface area contributed by atoms with Crippen molar-refractivity contribution in [3.8, 4) is 6.07 Å². The van der Waals surface area contributed by atoms with Gasteiger partial charge < -0.3 is 0 Å². The highest BCUT2D eigenvalue weighted by Gasteiger charge is 2.33. The lowest BCUT2D eigenvalue weighted by atomic mass is 10.1. The Labute approximate surface area is 125 Å². The third kappa shape index (κ3) is 2.21. The molecule has 1 aliphatic heterocycles. The van der Waals surface area contributed by atoms with E-state index in [2.05, 4.69) is 26.2 Å². The molecular formula is C13H12N8O. The van der Waals surface area contributed by atoms with E-state index in [4.69, 9.17) is 5.53 Å². The van der Waals surface area contributed by atoms with Crippen molar-refractivity contribution in [1.82, 2.24) is 14.6 Å². The largest absolute Gasteiger partial charge is 0.295 e. The molecule has 110 valence electrons. The maximum atomic E-state index is 12.3. The van der Waals surface area contributed by atoms with Crippen LogP contribution in [0.4, 0.5) is 5.82 Å². The number of carbonyl (C=O) groups excluding carboxylic acids is 1. The topological polar surface area (TPSA) is 123 Å². The van der Waals surface area contributed by atoms with Crippen molar-refractivity contribution in [3.63, 3.8) is 0 Å². The molecule has 9 nitrogen and oxygen atoms in total. The quantitative estimate of drug-likeness (QED) is 0.484. The molecule has 1 saturated heterocycles. The van der Waals surface area contributed by atoms with E-state index in [1.165, 1.54) is 15.6 Å². The number of fused-ring (bicyclic) bond motifs is 1. The Morgan fingerprint density at radius 1 is 1.64 bits per heavy atom. The summed E-state index contributed by atoms with van der Waals surface area (Å²) in [6, 6.07) is 3.83. The van der Waals surface area contributed by atoms with Gasteiger partial charge in [0.2, 0.25) is 5.91 Å². The van der Waals surface area contributed by atoms with Gasteiger partial charge in [-0.3, -0.25) is 9.69 Å². The molecular weight excluding hydrogens is 284 g/mol. The first-order valence-electron chi connectivity index (χ1n) is 6.70. The number of hydrogen-bond donors (Lipinski definition) is 0. The maximum Gasteiger partial charge on any atom is 0.228 e. The van der Waals surface area contributed by atoms with Gasteiger partial charge in [0.15, 0.2) is 11.5 Å². The van der Waals surface area contributed by atoms with E-state index < -0.39 is 0 Å². The molecule has 3 rings (SSSR count). The van der Waals surface area contributed by atoms with E-state index in [9.17, 15) is 10.1 Å². The normalized spacial score (nSPS) is 17.5. The summed E-state index contributed by atoms with van der Waals surface area (Å²) in [6.07, 6.45) is 1.73. The standard InChI is InChI=1S/C13H12N8O/c1-8-2-11-16-6-10(4-14)13(21(11)18-8)20-7-9(3-12(20)22)5-17-19-15/h2,6,9H,3,5,7H2,1H3. The second kappa shape index (κ2) is 5.35. The number of amides is 1. The van der Waals surface area contributed by atoms with Crippen LogP contribution in [0.1, 0.15) is 17.7 Å². The van der Waals surface area contributed by atoms with Crippen LogP contribution in [0.3, 0.4) is 0 Å². The van der Waals surface area contributed by atoms with Crippen molar-refractivity contribution >= 4 is 17.4 Å². The molecule has 22 heavy (non-hydrogen) atoms. The fourth-order valence-electron chi connectivity index (χ4n) is 2.64. The van der Waals surface area contributed by atoms with Crippen molar-refractivity contribution in [3.05, 3.63) is 34.0 Å². The minimum Gasteiger partial charge on any atom is -0.295 e. The smallest absolute Gasteiger partial charge is 0.228 e. The summed E-state index contributed by atoms with van der Waals surface area (Å²) in [5.74, 6) is 0.249. The van der Waals surface area contributed by atoms with Gasteiger partial charge in [-0.25, -0.2) is 4.98 Å². The van der Waals surface area contributed by atoms with Crippen molar-refractivity contribution in [2.75, 3.05) is 18.0 Å². The number of aryl methyl sites for hydroxylation is 1. The van der Waals surface area contributed by atoms with Gasteiger partial charge in [-0.2, -0.15) is 14.9 Å². The Balaban J connectivity index is 2.07. The minimum absolute atomic E-state index is 0.0604. The van der Waals surface area contributed by atoms with E-state index in [0.29, 0.717) is 18.0 Å². The van der Waals surface area contributed by atoms with Gasteiger partial charge in [0.25, 0.3) is 0 Å². The first kappa shape index (κ1) is 13.9. The fourth-order valence-corrected chi connectivity index (χ4v) is 2.64. The molecule has 0 N–H and O–H groups in total. The van der Waals surface area contributed by atoms with Crippen LogP contribution < -0.4 is 4.90 Å². The van der Waals surface area contributed by atoms with Crippen LogP contribution in [0, 0.1) is 24.2 Å². The van der Waals surface area contributed by atoms with Crippen molar-refractivity contribution < 1.29 is 4.79 Å². The number of azide groups is 1. The van der Waals surface area contributed by atoms with Crippen molar-refractivity contribution in [2.45, 2.75) is 13.3 Å². The Bertz CT molecular complexity index is 842. The molecule has 0 aromatic carbocycles. The van der Waals surface area contributed by atoms with Crippen LogP contribution >= 0.6 is 0 Å². The Morgan fingerprint density at radius 2 is 2.45 bits per heavy atom. The average molecular weight is 296 g/mol. The van der Waals surface area contributed by atoms with Crippen LogP contribution in [0.15, 0.2) is 17.4 Å². The predicted molar refractivity (Wildman–Crippen MR) is 76.9 cm³/mol. The predicted octanol–water partition coefficient (Wildman–Crippen LogP) is 1.57. The summed E-state index contributed by atoms with van der Waals surface area (Å²) in [5, 5.41) is 17.1. The SMILES string of the molecule is Cc1cc2ncc(C#N)c(N3CC(CN=[N+]=[N-])CC3=O)n2n1. The zero-order valence-corrected chi connectivity index (χ0v) is 11.8. The van der Waals surface area contributed by atoms with Gasteiger partial charge in [-0.15, -0.1) is 0 Å². The molecule has 1 aliphatic rings. The van der Waals surface area contributed by atoms with Gasteiger partial charge in [-0.1, -0.05) is 5.11 Å². The molecule has 9 heteroatoms. The lowest BCUT2D eigenvalue weighted by molar-refractivity contribution is -0.117. The monoisotopic (exact) mass is 296 g/mol. The van der Waals surface area contributed by atoms with Crippen LogP contribution in [-0.4, -0.2) is 33.6 Å². The lowest BCUT2D eigenvalue weighted by Gasteiger charge is -2.18. The highest BCUT2D eigenvalue weighted by Crippen LogP contribution is 2.28. The van der Waals surface area contributed by atoms with Gasteiger partial charge in [0.05, 0.1) is 11.9 Å². The van der Waals surface area contributed by atoms with E-state index in [-0.39, 0.29) is 30.4 Å². The highest BCUT2D eigenvalue weighted by atomic mass is 16.2. The summed E-state index contributed by atoms with van der Waals surface area (Å²) >= 11 is 0. The average Bonchev–Trinajstić information content (AvgIpc) is 3.05. The second-order valence-electron chi connectivity index (χ2n) is 5.15. The molecule has 0 bridgehead atoms. The molecule has 0 spiro atoms. The molecule has 0 aliphatic carbocycles. The van der Waals surface area contributed by atoms with Crippen LogP contribution in [0.5, 0.6) is 0 Å². The lowest BCUT2D eigenvalue weighted by Crippen LogP contribution is -2.28. The zero-order valence-electron chi connectivity index (χ0n) is 11.8. The van der Waals surface area contributed by atoms with Crippen LogP contribution in [-0.2, 0) is 4.79 Å². The molecule has 1 atom stereocenters. The second-order valence-corrected chi connectivity index (χ2v) is 5.15. The molecule has 1 amide bonds. The Kier molecular flexibility index (Phi) is 3.37. The van der Waals surface area contributed by atoms with E-state index in [1.54, 1.807) is 6.07 Å². The number of carbonyl (C=O) groups is 1. The summed E-state index contributed by atoms with van der Waals surface area (Å²) in [6.45, 7) is 2.47. The number of hydrogen-bond acceptors (Lipinski definition) is 5. The van der Waals surface area contributed by atoms with Gasteiger partial charge in [-0.05, 0) is 18.4 Å². The van der Waals surface area contributed by atoms with Gasteiger partial charge in [0, 0.05) is 30.5 Å². The minimum atomic E-state index is -0.115. The maximum absolute atomic E-state index is 12.3. The zero-order chi connectivity index (χ0) is 15.7. The first-order chi connectivity index (χ1) is 10.6. The number of rotatable bonds is 3. The Morgan fingerprint density at radius 3 is 3.18 bits per heavy atom. The number of anilines is 1. The van der Waals surface area contributed by atoms with Crippen LogP contribution in [0.2, 0.25) is 0 Å². The van der Waals surface area contributed by atoms with Crippen molar-refractivity contribution in [1.29, 1.82) is 5.26 Å². The third-order valence-electron chi connectivity index (χ3n) is 3.56. The molecule has 1 unspecified atom stereocenters. The Hall–Kier alpha value is -3.11. The molecule has 2 aromatic heterocycles. The number of nitriles is 1. The fraction of sp³-hybridized carbons (Fsp3) is 0.385. The van der Waals surface area contributed by atoms with Crippen molar-refractivity contribution in [2.24, 2.45) is 11.0 Å². The number of aromatic nitrogens is 3. The molecule has 2 aromatic rings. The summed E-state index contributed by atoms with van der Waals surface area (Å²) < 4.78 is 1.52. The third-order valence-corrected chi connectivity index (χ3v) is 3.56.